The molecule has 1 atom stereocenters. The number of hydrogen-bond acceptors (Lipinski definition) is 3. The quantitative estimate of drug-likeness (QED) is 0.895. The van der Waals surface area contributed by atoms with E-state index in [2.05, 4.69) is 41.5 Å². The molecule has 0 aliphatic heterocycles. The molecule has 0 saturated heterocycles. The zero-order valence-electron chi connectivity index (χ0n) is 11.0. The normalized spacial score (nSPS) is 12.2. The molecule has 0 radical (unpaired) electrons. The van der Waals surface area contributed by atoms with Crippen molar-refractivity contribution in [3.05, 3.63) is 59.4 Å². The van der Waals surface area contributed by atoms with Gasteiger partial charge in [-0.2, -0.15) is 0 Å². The van der Waals surface area contributed by atoms with E-state index < -0.39 is 0 Å². The van der Waals surface area contributed by atoms with E-state index in [-0.39, 0.29) is 6.04 Å². The Morgan fingerprint density at radius 1 is 1.22 bits per heavy atom. The van der Waals surface area contributed by atoms with Gasteiger partial charge in [0.1, 0.15) is 11.4 Å². The lowest BCUT2D eigenvalue weighted by atomic mass is 10.0. The molecule has 18 heavy (non-hydrogen) atoms. The van der Waals surface area contributed by atoms with Crippen LogP contribution in [0.15, 0.2) is 42.6 Å². The van der Waals surface area contributed by atoms with E-state index in [1.54, 1.807) is 13.3 Å². The SMILES string of the molecule is CNC(c1cccc(C)c1)c1ncccc1OC. The molecule has 0 amide bonds. The first-order valence-corrected chi connectivity index (χ1v) is 5.99. The molecule has 1 N–H and O–H groups in total. The summed E-state index contributed by atoms with van der Waals surface area (Å²) >= 11 is 0. The van der Waals surface area contributed by atoms with Crippen molar-refractivity contribution in [2.45, 2.75) is 13.0 Å². The van der Waals surface area contributed by atoms with Crippen LogP contribution in [0.1, 0.15) is 22.9 Å². The third-order valence-corrected chi connectivity index (χ3v) is 2.96. The smallest absolute Gasteiger partial charge is 0.142 e. The van der Waals surface area contributed by atoms with Gasteiger partial charge in [0.25, 0.3) is 0 Å². The standard InChI is InChI=1S/C15H18N2O/c1-11-6-4-7-12(10-11)14(16-2)15-13(18-3)8-5-9-17-15/h4-10,14,16H,1-3H3. The van der Waals surface area contributed by atoms with Gasteiger partial charge in [-0.25, -0.2) is 0 Å². The minimum atomic E-state index is 0.0426. The lowest BCUT2D eigenvalue weighted by Gasteiger charge is -2.18. The Bertz CT molecular complexity index is 525. The molecular formula is C15H18N2O. The van der Waals surface area contributed by atoms with E-state index in [0.717, 1.165) is 11.4 Å². The number of hydrogen-bond donors (Lipinski definition) is 1. The number of aromatic nitrogens is 1. The topological polar surface area (TPSA) is 34.2 Å². The summed E-state index contributed by atoms with van der Waals surface area (Å²) in [5.41, 5.74) is 3.34. The van der Waals surface area contributed by atoms with Crippen LogP contribution in [0.25, 0.3) is 0 Å². The van der Waals surface area contributed by atoms with Crippen LogP contribution in [0.4, 0.5) is 0 Å². The van der Waals surface area contributed by atoms with Gasteiger partial charge < -0.3 is 10.1 Å². The van der Waals surface area contributed by atoms with Crippen LogP contribution in [-0.4, -0.2) is 19.1 Å². The Morgan fingerprint density at radius 2 is 2.06 bits per heavy atom. The minimum Gasteiger partial charge on any atom is -0.495 e. The van der Waals surface area contributed by atoms with E-state index in [0.29, 0.717) is 0 Å². The summed E-state index contributed by atoms with van der Waals surface area (Å²) in [6.07, 6.45) is 1.79. The lowest BCUT2D eigenvalue weighted by molar-refractivity contribution is 0.401. The van der Waals surface area contributed by atoms with Gasteiger partial charge in [0.15, 0.2) is 0 Å². The fourth-order valence-corrected chi connectivity index (χ4v) is 2.10. The predicted molar refractivity (Wildman–Crippen MR) is 72.9 cm³/mol. The first-order valence-electron chi connectivity index (χ1n) is 5.99. The molecule has 1 heterocycles. The second-order valence-corrected chi connectivity index (χ2v) is 4.23. The second-order valence-electron chi connectivity index (χ2n) is 4.23. The predicted octanol–water partition coefficient (Wildman–Crippen LogP) is 2.71. The van der Waals surface area contributed by atoms with Crippen molar-refractivity contribution in [1.29, 1.82) is 0 Å². The number of aryl methyl sites for hydroxylation is 1. The van der Waals surface area contributed by atoms with E-state index in [9.17, 15) is 0 Å². The van der Waals surface area contributed by atoms with E-state index >= 15 is 0 Å². The van der Waals surface area contributed by atoms with Gasteiger partial charge in [-0.1, -0.05) is 29.8 Å². The fourth-order valence-electron chi connectivity index (χ4n) is 2.10. The summed E-state index contributed by atoms with van der Waals surface area (Å²) < 4.78 is 5.38. The number of ether oxygens (including phenoxy) is 1. The van der Waals surface area contributed by atoms with Gasteiger partial charge >= 0.3 is 0 Å². The molecule has 0 bridgehead atoms. The molecule has 0 spiro atoms. The average molecular weight is 242 g/mol. The van der Waals surface area contributed by atoms with E-state index in [4.69, 9.17) is 4.74 Å². The van der Waals surface area contributed by atoms with Crippen LogP contribution in [0, 0.1) is 6.92 Å². The molecule has 3 nitrogen and oxygen atoms in total. The summed E-state index contributed by atoms with van der Waals surface area (Å²) in [5, 5.41) is 3.29. The Kier molecular flexibility index (Phi) is 3.95. The molecule has 0 saturated carbocycles. The Morgan fingerprint density at radius 3 is 2.72 bits per heavy atom. The molecule has 1 aromatic carbocycles. The van der Waals surface area contributed by atoms with Crippen molar-refractivity contribution in [1.82, 2.24) is 10.3 Å². The summed E-state index contributed by atoms with van der Waals surface area (Å²) in [6, 6.07) is 12.3. The largest absolute Gasteiger partial charge is 0.495 e. The summed E-state index contributed by atoms with van der Waals surface area (Å²) in [5.74, 6) is 0.804. The number of benzene rings is 1. The average Bonchev–Trinajstić information content (AvgIpc) is 2.40. The molecule has 2 aromatic rings. The van der Waals surface area contributed by atoms with Crippen molar-refractivity contribution in [2.75, 3.05) is 14.2 Å². The molecule has 1 unspecified atom stereocenters. The van der Waals surface area contributed by atoms with Crippen molar-refractivity contribution < 1.29 is 4.74 Å². The van der Waals surface area contributed by atoms with Crippen LogP contribution in [0.2, 0.25) is 0 Å². The summed E-state index contributed by atoms with van der Waals surface area (Å²) in [7, 11) is 3.60. The first kappa shape index (κ1) is 12.6. The van der Waals surface area contributed by atoms with Crippen LogP contribution < -0.4 is 10.1 Å². The van der Waals surface area contributed by atoms with Crippen LogP contribution in [-0.2, 0) is 0 Å². The second kappa shape index (κ2) is 5.65. The molecule has 94 valence electrons. The zero-order valence-corrected chi connectivity index (χ0v) is 11.0. The molecule has 0 fully saturated rings. The Labute approximate surface area is 108 Å². The molecule has 0 aliphatic rings. The fraction of sp³-hybridized carbons (Fsp3) is 0.267. The number of nitrogens with one attached hydrogen (secondary N) is 1. The maximum Gasteiger partial charge on any atom is 0.142 e. The maximum absolute atomic E-state index is 5.38. The minimum absolute atomic E-state index is 0.0426. The monoisotopic (exact) mass is 242 g/mol. The number of methoxy groups -OCH3 is 1. The molecule has 3 heteroatoms. The van der Waals surface area contributed by atoms with Gasteiger partial charge in [0.05, 0.1) is 13.2 Å². The number of pyridine rings is 1. The van der Waals surface area contributed by atoms with Gasteiger partial charge in [-0.15, -0.1) is 0 Å². The summed E-state index contributed by atoms with van der Waals surface area (Å²) in [6.45, 7) is 2.09. The third kappa shape index (κ3) is 2.51. The van der Waals surface area contributed by atoms with Crippen molar-refractivity contribution in [3.63, 3.8) is 0 Å². The highest BCUT2D eigenvalue weighted by Crippen LogP contribution is 2.27. The molecule has 1 aromatic heterocycles. The maximum atomic E-state index is 5.38. The highest BCUT2D eigenvalue weighted by Gasteiger charge is 2.17. The zero-order chi connectivity index (χ0) is 13.0. The first-order chi connectivity index (χ1) is 8.76. The third-order valence-electron chi connectivity index (χ3n) is 2.96. The van der Waals surface area contributed by atoms with Crippen LogP contribution in [0.3, 0.4) is 0 Å². The van der Waals surface area contributed by atoms with Crippen LogP contribution >= 0.6 is 0 Å². The number of nitrogens with zero attached hydrogens (tertiary/aromatic N) is 1. The number of rotatable bonds is 4. The van der Waals surface area contributed by atoms with E-state index in [1.807, 2.05) is 19.2 Å². The Hall–Kier alpha value is -1.87. The van der Waals surface area contributed by atoms with Crippen molar-refractivity contribution in [2.24, 2.45) is 0 Å². The Balaban J connectivity index is 2.45. The van der Waals surface area contributed by atoms with Crippen molar-refractivity contribution >= 4 is 0 Å². The van der Waals surface area contributed by atoms with Gasteiger partial charge in [0, 0.05) is 6.20 Å². The molecular weight excluding hydrogens is 224 g/mol. The lowest BCUT2D eigenvalue weighted by Crippen LogP contribution is -2.19. The van der Waals surface area contributed by atoms with E-state index in [1.165, 1.54) is 11.1 Å². The molecule has 0 aliphatic carbocycles. The van der Waals surface area contributed by atoms with Gasteiger partial charge in [-0.05, 0) is 31.7 Å². The van der Waals surface area contributed by atoms with Gasteiger partial charge in [-0.3, -0.25) is 4.98 Å². The van der Waals surface area contributed by atoms with Crippen LogP contribution in [0.5, 0.6) is 5.75 Å². The van der Waals surface area contributed by atoms with Crippen molar-refractivity contribution in [3.8, 4) is 5.75 Å². The highest BCUT2D eigenvalue weighted by molar-refractivity contribution is 5.37. The highest BCUT2D eigenvalue weighted by atomic mass is 16.5. The molecule has 2 rings (SSSR count). The van der Waals surface area contributed by atoms with Gasteiger partial charge in [0.2, 0.25) is 0 Å². The summed E-state index contributed by atoms with van der Waals surface area (Å²) in [4.78, 5) is 4.44.